The first-order valence-corrected chi connectivity index (χ1v) is 11.1. The Hall–Kier alpha value is -2.95. The Morgan fingerprint density at radius 1 is 1.25 bits per heavy atom. The van der Waals surface area contributed by atoms with Crippen molar-refractivity contribution in [2.75, 3.05) is 32.7 Å². The number of likely N-dealkylation sites (tertiary alicyclic amines) is 1. The Morgan fingerprint density at radius 2 is 2.03 bits per heavy atom. The Labute approximate surface area is 186 Å². The van der Waals surface area contributed by atoms with E-state index in [2.05, 4.69) is 21.1 Å². The molecule has 2 aliphatic rings. The number of hydrogen-bond donors (Lipinski definition) is 4. The van der Waals surface area contributed by atoms with Gasteiger partial charge >= 0.3 is 5.97 Å². The lowest BCUT2D eigenvalue weighted by atomic mass is 9.92. The van der Waals surface area contributed by atoms with E-state index >= 15 is 0 Å². The molecule has 2 fully saturated rings. The van der Waals surface area contributed by atoms with Crippen molar-refractivity contribution in [1.29, 1.82) is 0 Å². The van der Waals surface area contributed by atoms with Gasteiger partial charge < -0.3 is 30.5 Å². The van der Waals surface area contributed by atoms with Gasteiger partial charge in [0.1, 0.15) is 6.04 Å². The van der Waals surface area contributed by atoms with Crippen molar-refractivity contribution < 1.29 is 28.8 Å². The van der Waals surface area contributed by atoms with Gasteiger partial charge in [-0.3, -0.25) is 14.4 Å². The highest BCUT2D eigenvalue weighted by Gasteiger charge is 2.30. The molecule has 1 unspecified atom stereocenters. The molecule has 0 bridgehead atoms. The van der Waals surface area contributed by atoms with Gasteiger partial charge in [0, 0.05) is 32.1 Å². The fourth-order valence-electron chi connectivity index (χ4n) is 4.18. The molecule has 0 saturated carbocycles. The first-order chi connectivity index (χ1) is 15.4. The molecule has 3 rings (SSSR count). The molecule has 3 heterocycles. The second kappa shape index (κ2) is 11.6. The molecule has 2 saturated heterocycles. The Morgan fingerprint density at radius 3 is 2.72 bits per heavy atom. The predicted molar refractivity (Wildman–Crippen MR) is 113 cm³/mol. The van der Waals surface area contributed by atoms with Crippen LogP contribution in [0, 0.1) is 11.8 Å². The zero-order valence-electron chi connectivity index (χ0n) is 18.0. The molecule has 4 N–H and O–H groups in total. The average Bonchev–Trinajstić information content (AvgIpc) is 3.35. The second-order valence-corrected chi connectivity index (χ2v) is 8.40. The van der Waals surface area contributed by atoms with Gasteiger partial charge in [-0.1, -0.05) is 5.16 Å². The number of hydrogen-bond acceptors (Lipinski definition) is 7. The van der Waals surface area contributed by atoms with Crippen LogP contribution in [0.3, 0.4) is 0 Å². The summed E-state index contributed by atoms with van der Waals surface area (Å²) in [6, 6.07) is -0.00568. The molecule has 0 aromatic carbocycles. The largest absolute Gasteiger partial charge is 0.480 e. The number of aliphatic carboxylic acids is 1. The first kappa shape index (κ1) is 23.7. The van der Waals surface area contributed by atoms with Crippen LogP contribution in [-0.4, -0.2) is 77.6 Å². The highest BCUT2D eigenvalue weighted by molar-refractivity contribution is 5.94. The molecule has 176 valence electrons. The fraction of sp³-hybridized carbons (Fsp3) is 0.667. The highest BCUT2D eigenvalue weighted by atomic mass is 16.5. The summed E-state index contributed by atoms with van der Waals surface area (Å²) in [6.45, 7) is 2.70. The third-order valence-corrected chi connectivity index (χ3v) is 6.12. The molecular weight excluding hydrogens is 418 g/mol. The van der Waals surface area contributed by atoms with Crippen LogP contribution < -0.4 is 16.0 Å². The molecule has 3 amide bonds. The Balaban J connectivity index is 1.44. The quantitative estimate of drug-likeness (QED) is 0.411. The van der Waals surface area contributed by atoms with E-state index in [-0.39, 0.29) is 24.1 Å². The summed E-state index contributed by atoms with van der Waals surface area (Å²) in [4.78, 5) is 50.5. The van der Waals surface area contributed by atoms with Gasteiger partial charge in [0.05, 0.1) is 12.1 Å². The number of aromatic nitrogens is 1. The van der Waals surface area contributed by atoms with Crippen LogP contribution in [0.1, 0.15) is 49.1 Å². The van der Waals surface area contributed by atoms with E-state index in [0.29, 0.717) is 31.8 Å². The fourth-order valence-corrected chi connectivity index (χ4v) is 4.18. The SMILES string of the molecule is O=C(NC(CNC(=O)[C@@H]1CCCN(C(=O)CCC2CCNCC2)C1)C(=O)O)c1ccno1. The molecule has 1 aromatic heterocycles. The van der Waals surface area contributed by atoms with Crippen LogP contribution in [0.25, 0.3) is 0 Å². The van der Waals surface area contributed by atoms with Gasteiger partial charge in [0.25, 0.3) is 5.91 Å². The summed E-state index contributed by atoms with van der Waals surface area (Å²) < 4.78 is 4.71. The van der Waals surface area contributed by atoms with Gasteiger partial charge in [-0.2, -0.15) is 0 Å². The van der Waals surface area contributed by atoms with E-state index in [9.17, 15) is 24.3 Å². The topological polar surface area (TPSA) is 154 Å². The van der Waals surface area contributed by atoms with Crippen LogP contribution in [-0.2, 0) is 14.4 Å². The van der Waals surface area contributed by atoms with Gasteiger partial charge in [-0.25, -0.2) is 4.79 Å². The van der Waals surface area contributed by atoms with Crippen LogP contribution in [0.4, 0.5) is 0 Å². The van der Waals surface area contributed by atoms with Crippen molar-refractivity contribution in [3.63, 3.8) is 0 Å². The number of nitrogens with one attached hydrogen (secondary N) is 3. The minimum Gasteiger partial charge on any atom is -0.480 e. The molecule has 0 spiro atoms. The monoisotopic (exact) mass is 449 g/mol. The number of piperidine rings is 2. The average molecular weight is 450 g/mol. The van der Waals surface area contributed by atoms with Crippen LogP contribution in [0.15, 0.2) is 16.8 Å². The zero-order valence-corrected chi connectivity index (χ0v) is 18.0. The van der Waals surface area contributed by atoms with Gasteiger partial charge in [-0.15, -0.1) is 0 Å². The van der Waals surface area contributed by atoms with E-state index < -0.39 is 23.8 Å². The molecule has 32 heavy (non-hydrogen) atoms. The summed E-state index contributed by atoms with van der Waals surface area (Å²) in [7, 11) is 0. The van der Waals surface area contributed by atoms with E-state index in [0.717, 1.165) is 38.8 Å². The summed E-state index contributed by atoms with van der Waals surface area (Å²) >= 11 is 0. The molecular formula is C21H31N5O6. The maximum absolute atomic E-state index is 12.6. The van der Waals surface area contributed by atoms with E-state index in [1.807, 2.05) is 0 Å². The standard InChI is InChI=1S/C21H31N5O6/c27-18(4-3-14-5-8-22-9-6-14)26-11-1-2-15(13-26)19(28)23-12-16(21(30)31)25-20(29)17-7-10-24-32-17/h7,10,14-16,22H,1-6,8-9,11-13H2,(H,23,28)(H,25,29)(H,30,31)/t15-,16?/m1/s1. The lowest BCUT2D eigenvalue weighted by Gasteiger charge is -2.33. The minimum atomic E-state index is -1.32. The van der Waals surface area contributed by atoms with Crippen molar-refractivity contribution >= 4 is 23.7 Å². The number of carboxylic acid groups (broad SMARTS) is 1. The van der Waals surface area contributed by atoms with Crippen LogP contribution in [0.2, 0.25) is 0 Å². The number of carboxylic acids is 1. The molecule has 11 heteroatoms. The zero-order chi connectivity index (χ0) is 22.9. The molecule has 0 aliphatic carbocycles. The van der Waals surface area contributed by atoms with E-state index in [4.69, 9.17) is 4.52 Å². The number of rotatable bonds is 9. The summed E-state index contributed by atoms with van der Waals surface area (Å²) in [5.74, 6) is -2.20. The lowest BCUT2D eigenvalue weighted by molar-refractivity contribution is -0.139. The molecule has 2 atom stereocenters. The highest BCUT2D eigenvalue weighted by Crippen LogP contribution is 2.21. The van der Waals surface area contributed by atoms with Crippen molar-refractivity contribution in [2.45, 2.75) is 44.6 Å². The summed E-state index contributed by atoms with van der Waals surface area (Å²) in [6.07, 6.45) is 6.18. The van der Waals surface area contributed by atoms with Crippen molar-refractivity contribution in [2.24, 2.45) is 11.8 Å². The maximum Gasteiger partial charge on any atom is 0.328 e. The maximum atomic E-state index is 12.6. The van der Waals surface area contributed by atoms with E-state index in [1.165, 1.54) is 12.3 Å². The summed E-state index contributed by atoms with van der Waals surface area (Å²) in [5, 5.41) is 21.0. The normalized spacial score (nSPS) is 20.4. The number of carbonyl (C=O) groups is 4. The smallest absolute Gasteiger partial charge is 0.328 e. The second-order valence-electron chi connectivity index (χ2n) is 8.40. The Kier molecular flexibility index (Phi) is 8.60. The van der Waals surface area contributed by atoms with Gasteiger partial charge in [0.2, 0.25) is 17.6 Å². The molecule has 2 aliphatic heterocycles. The number of nitrogens with zero attached hydrogens (tertiary/aromatic N) is 2. The van der Waals surface area contributed by atoms with Gasteiger partial charge in [0.15, 0.2) is 0 Å². The van der Waals surface area contributed by atoms with Crippen LogP contribution >= 0.6 is 0 Å². The van der Waals surface area contributed by atoms with E-state index in [1.54, 1.807) is 4.90 Å². The third kappa shape index (κ3) is 6.78. The third-order valence-electron chi connectivity index (χ3n) is 6.12. The molecule has 1 aromatic rings. The Bertz CT molecular complexity index is 793. The van der Waals surface area contributed by atoms with Crippen molar-refractivity contribution in [1.82, 2.24) is 26.0 Å². The summed E-state index contributed by atoms with van der Waals surface area (Å²) in [5.41, 5.74) is 0. The molecule has 0 radical (unpaired) electrons. The number of amides is 3. The minimum absolute atomic E-state index is 0.0729. The van der Waals surface area contributed by atoms with Crippen LogP contribution in [0.5, 0.6) is 0 Å². The molecule has 11 nitrogen and oxygen atoms in total. The lowest BCUT2D eigenvalue weighted by Crippen LogP contribution is -2.51. The first-order valence-electron chi connectivity index (χ1n) is 11.1. The van der Waals surface area contributed by atoms with Crippen molar-refractivity contribution in [3.8, 4) is 0 Å². The predicted octanol–water partition coefficient (Wildman–Crippen LogP) is -0.00780. The van der Waals surface area contributed by atoms with Crippen molar-refractivity contribution in [3.05, 3.63) is 18.0 Å². The number of carbonyl (C=O) groups excluding carboxylic acids is 3. The van der Waals surface area contributed by atoms with Gasteiger partial charge in [-0.05, 0) is 51.1 Å².